The standard InChI is InChI=1S/C19H27N3O2/c1-2-16-6-5-7-17(20-16)18(23)22-10-15-11-24-14-19(15,13-22)12-21-8-3-4-9-21/h5-7,15H,2-4,8-14H2,1H3/t15-,19+/m1/s1. The molecule has 0 spiro atoms. The fourth-order valence-electron chi connectivity index (χ4n) is 4.55. The smallest absolute Gasteiger partial charge is 0.272 e. The Morgan fingerprint density at radius 2 is 2.21 bits per heavy atom. The number of ether oxygens (including phenoxy) is 1. The van der Waals surface area contributed by atoms with E-state index >= 15 is 0 Å². The van der Waals surface area contributed by atoms with Gasteiger partial charge in [0.15, 0.2) is 0 Å². The Balaban J connectivity index is 1.50. The Labute approximate surface area is 144 Å². The zero-order chi connectivity index (χ0) is 16.6. The number of carbonyl (C=O) groups is 1. The lowest BCUT2D eigenvalue weighted by atomic mass is 9.80. The molecule has 5 heteroatoms. The summed E-state index contributed by atoms with van der Waals surface area (Å²) in [6.45, 7) is 8.74. The maximum absolute atomic E-state index is 12.9. The third-order valence-electron chi connectivity index (χ3n) is 5.93. The maximum Gasteiger partial charge on any atom is 0.272 e. The summed E-state index contributed by atoms with van der Waals surface area (Å²) in [6, 6.07) is 5.77. The summed E-state index contributed by atoms with van der Waals surface area (Å²) in [5.41, 5.74) is 1.70. The molecule has 1 aromatic heterocycles. The van der Waals surface area contributed by atoms with Crippen LogP contribution in [0.5, 0.6) is 0 Å². The second-order valence-electron chi connectivity index (χ2n) is 7.61. The number of carbonyl (C=O) groups excluding carboxylic acids is 1. The van der Waals surface area contributed by atoms with Crippen LogP contribution in [0.1, 0.15) is 35.9 Å². The summed E-state index contributed by atoms with van der Waals surface area (Å²) < 4.78 is 5.82. The van der Waals surface area contributed by atoms with E-state index in [1.165, 1.54) is 25.9 Å². The first-order chi connectivity index (χ1) is 11.7. The van der Waals surface area contributed by atoms with E-state index < -0.39 is 0 Å². The van der Waals surface area contributed by atoms with E-state index in [0.29, 0.717) is 11.6 Å². The third kappa shape index (κ3) is 2.84. The molecule has 4 heterocycles. The van der Waals surface area contributed by atoms with Crippen LogP contribution in [0.3, 0.4) is 0 Å². The average molecular weight is 329 g/mol. The van der Waals surface area contributed by atoms with Crippen molar-refractivity contribution in [2.45, 2.75) is 26.2 Å². The van der Waals surface area contributed by atoms with Gasteiger partial charge in [-0.1, -0.05) is 13.0 Å². The Kier molecular flexibility index (Phi) is 4.31. The number of likely N-dealkylation sites (tertiary alicyclic amines) is 2. The van der Waals surface area contributed by atoms with Crippen molar-refractivity contribution >= 4 is 5.91 Å². The molecular formula is C19H27N3O2. The second-order valence-corrected chi connectivity index (χ2v) is 7.61. The fourth-order valence-corrected chi connectivity index (χ4v) is 4.55. The molecule has 0 aromatic carbocycles. The van der Waals surface area contributed by atoms with Gasteiger partial charge in [0.2, 0.25) is 0 Å². The van der Waals surface area contributed by atoms with E-state index in [2.05, 4.69) is 16.8 Å². The van der Waals surface area contributed by atoms with Gasteiger partial charge in [0.05, 0.1) is 13.2 Å². The van der Waals surface area contributed by atoms with E-state index in [1.807, 2.05) is 23.1 Å². The van der Waals surface area contributed by atoms with Crippen molar-refractivity contribution in [1.82, 2.24) is 14.8 Å². The predicted octanol–water partition coefficient (Wildman–Crippen LogP) is 1.83. The molecular weight excluding hydrogens is 302 g/mol. The Morgan fingerprint density at radius 1 is 1.38 bits per heavy atom. The second kappa shape index (κ2) is 6.45. The molecule has 130 valence electrons. The topological polar surface area (TPSA) is 45.7 Å². The monoisotopic (exact) mass is 329 g/mol. The highest BCUT2D eigenvalue weighted by Gasteiger charge is 2.52. The SMILES string of the molecule is CCc1cccc(C(=O)N2C[C@@H]3COC[C@]3(CN3CCCC3)C2)n1. The lowest BCUT2D eigenvalue weighted by Crippen LogP contribution is -2.43. The number of aryl methyl sites for hydroxylation is 1. The minimum absolute atomic E-state index is 0.0838. The molecule has 3 saturated heterocycles. The van der Waals surface area contributed by atoms with Crippen LogP contribution in [0.15, 0.2) is 18.2 Å². The molecule has 2 atom stereocenters. The van der Waals surface area contributed by atoms with Crippen LogP contribution >= 0.6 is 0 Å². The van der Waals surface area contributed by atoms with Gasteiger partial charge >= 0.3 is 0 Å². The lowest BCUT2D eigenvalue weighted by molar-refractivity contribution is 0.0681. The highest BCUT2D eigenvalue weighted by molar-refractivity contribution is 5.92. The molecule has 0 unspecified atom stereocenters. The summed E-state index contributed by atoms with van der Waals surface area (Å²) in [7, 11) is 0. The minimum Gasteiger partial charge on any atom is -0.380 e. The molecule has 0 bridgehead atoms. The molecule has 5 nitrogen and oxygen atoms in total. The van der Waals surface area contributed by atoms with Gasteiger partial charge in [-0.25, -0.2) is 4.98 Å². The lowest BCUT2D eigenvalue weighted by Gasteiger charge is -2.31. The van der Waals surface area contributed by atoms with E-state index in [1.54, 1.807) is 0 Å². The molecule has 3 aliphatic rings. The minimum atomic E-state index is 0.0838. The molecule has 0 N–H and O–H groups in total. The summed E-state index contributed by atoms with van der Waals surface area (Å²) in [6.07, 6.45) is 3.46. The quantitative estimate of drug-likeness (QED) is 0.845. The van der Waals surface area contributed by atoms with Crippen LogP contribution in [0, 0.1) is 11.3 Å². The van der Waals surface area contributed by atoms with Gasteiger partial charge in [-0.3, -0.25) is 4.79 Å². The first kappa shape index (κ1) is 16.0. The summed E-state index contributed by atoms with van der Waals surface area (Å²) in [5.74, 6) is 0.553. The number of hydrogen-bond acceptors (Lipinski definition) is 4. The van der Waals surface area contributed by atoms with Crippen molar-refractivity contribution < 1.29 is 9.53 Å². The molecule has 3 aliphatic heterocycles. The van der Waals surface area contributed by atoms with E-state index in [-0.39, 0.29) is 11.3 Å². The maximum atomic E-state index is 12.9. The summed E-state index contributed by atoms with van der Waals surface area (Å²) in [5, 5.41) is 0. The van der Waals surface area contributed by atoms with Crippen LogP contribution in [-0.2, 0) is 11.2 Å². The van der Waals surface area contributed by atoms with Crippen molar-refractivity contribution in [2.24, 2.45) is 11.3 Å². The molecule has 24 heavy (non-hydrogen) atoms. The summed E-state index contributed by atoms with van der Waals surface area (Å²) >= 11 is 0. The molecule has 3 fully saturated rings. The first-order valence-electron chi connectivity index (χ1n) is 9.25. The van der Waals surface area contributed by atoms with Crippen LogP contribution < -0.4 is 0 Å². The van der Waals surface area contributed by atoms with Crippen molar-refractivity contribution in [3.05, 3.63) is 29.6 Å². The normalized spacial score (nSPS) is 30.0. The van der Waals surface area contributed by atoms with Gasteiger partial charge in [-0.2, -0.15) is 0 Å². The average Bonchev–Trinajstić information content (AvgIpc) is 3.30. The van der Waals surface area contributed by atoms with E-state index in [9.17, 15) is 4.79 Å². The van der Waals surface area contributed by atoms with Crippen LogP contribution in [0.2, 0.25) is 0 Å². The van der Waals surface area contributed by atoms with Gasteiger partial charge in [-0.15, -0.1) is 0 Å². The number of nitrogens with zero attached hydrogens (tertiary/aromatic N) is 3. The zero-order valence-corrected chi connectivity index (χ0v) is 14.5. The zero-order valence-electron chi connectivity index (χ0n) is 14.5. The highest BCUT2D eigenvalue weighted by atomic mass is 16.5. The molecule has 4 rings (SSSR count). The largest absolute Gasteiger partial charge is 0.380 e. The number of aromatic nitrogens is 1. The Bertz CT molecular complexity index is 614. The first-order valence-corrected chi connectivity index (χ1v) is 9.25. The summed E-state index contributed by atoms with van der Waals surface area (Å²) in [4.78, 5) is 22.0. The van der Waals surface area contributed by atoms with Gasteiger partial charge in [0.1, 0.15) is 5.69 Å². The number of rotatable bonds is 4. The van der Waals surface area contributed by atoms with Gasteiger partial charge < -0.3 is 14.5 Å². The number of hydrogen-bond donors (Lipinski definition) is 0. The van der Waals surface area contributed by atoms with Gasteiger partial charge in [0.25, 0.3) is 5.91 Å². The molecule has 1 amide bonds. The number of pyridine rings is 1. The van der Waals surface area contributed by atoms with Crippen LogP contribution in [0.4, 0.5) is 0 Å². The molecule has 0 radical (unpaired) electrons. The molecule has 0 saturated carbocycles. The number of fused-ring (bicyclic) bond motifs is 1. The highest BCUT2D eigenvalue weighted by Crippen LogP contribution is 2.42. The molecule has 0 aliphatic carbocycles. The molecule has 1 aromatic rings. The van der Waals surface area contributed by atoms with Crippen molar-refractivity contribution in [3.63, 3.8) is 0 Å². The predicted molar refractivity (Wildman–Crippen MR) is 91.9 cm³/mol. The van der Waals surface area contributed by atoms with Crippen LogP contribution in [-0.4, -0.2) is 66.6 Å². The van der Waals surface area contributed by atoms with Crippen molar-refractivity contribution in [1.29, 1.82) is 0 Å². The Morgan fingerprint density at radius 3 is 3.00 bits per heavy atom. The van der Waals surface area contributed by atoms with E-state index in [0.717, 1.165) is 45.0 Å². The van der Waals surface area contributed by atoms with Crippen molar-refractivity contribution in [3.8, 4) is 0 Å². The van der Waals surface area contributed by atoms with Gasteiger partial charge in [-0.05, 0) is 44.5 Å². The van der Waals surface area contributed by atoms with Gasteiger partial charge in [0, 0.05) is 36.7 Å². The van der Waals surface area contributed by atoms with Crippen LogP contribution in [0.25, 0.3) is 0 Å². The van der Waals surface area contributed by atoms with Crippen molar-refractivity contribution in [2.75, 3.05) is 45.9 Å². The fraction of sp³-hybridized carbons (Fsp3) is 0.684. The Hall–Kier alpha value is -1.46. The third-order valence-corrected chi connectivity index (χ3v) is 5.93. The van der Waals surface area contributed by atoms with E-state index in [4.69, 9.17) is 4.74 Å². The number of amides is 1.